The SMILES string of the molecule is C[C@H](NC(=O)/C=C/c1ccccc1)C(=O)O[C@H](C(=O)NC1CC1)c1ccccc1. The first-order valence-electron chi connectivity index (χ1n) is 9.62. The highest BCUT2D eigenvalue weighted by Crippen LogP contribution is 2.23. The van der Waals surface area contributed by atoms with Gasteiger partial charge in [0.25, 0.3) is 5.91 Å². The molecule has 6 heteroatoms. The number of esters is 1. The highest BCUT2D eigenvalue weighted by atomic mass is 16.5. The van der Waals surface area contributed by atoms with Crippen LogP contribution in [0, 0.1) is 0 Å². The third kappa shape index (κ3) is 6.31. The van der Waals surface area contributed by atoms with Crippen molar-refractivity contribution < 1.29 is 19.1 Å². The molecule has 0 heterocycles. The summed E-state index contributed by atoms with van der Waals surface area (Å²) in [5.41, 5.74) is 1.46. The normalized spacial score (nSPS) is 15.3. The van der Waals surface area contributed by atoms with Gasteiger partial charge in [0, 0.05) is 17.7 Å². The van der Waals surface area contributed by atoms with E-state index in [4.69, 9.17) is 4.74 Å². The predicted molar refractivity (Wildman–Crippen MR) is 110 cm³/mol. The Morgan fingerprint density at radius 1 is 1.00 bits per heavy atom. The van der Waals surface area contributed by atoms with Crippen LogP contribution in [0.3, 0.4) is 0 Å². The van der Waals surface area contributed by atoms with E-state index in [1.807, 2.05) is 36.4 Å². The lowest BCUT2D eigenvalue weighted by Gasteiger charge is -2.20. The first-order chi connectivity index (χ1) is 14.0. The second-order valence-corrected chi connectivity index (χ2v) is 6.98. The van der Waals surface area contributed by atoms with E-state index in [-0.39, 0.29) is 11.9 Å². The van der Waals surface area contributed by atoms with Crippen molar-refractivity contribution in [3.63, 3.8) is 0 Å². The Labute approximate surface area is 170 Å². The predicted octanol–water partition coefficient (Wildman–Crippen LogP) is 2.77. The molecule has 2 aromatic carbocycles. The Morgan fingerprint density at radius 3 is 2.24 bits per heavy atom. The molecule has 1 aliphatic rings. The molecule has 0 spiro atoms. The van der Waals surface area contributed by atoms with Gasteiger partial charge in [-0.2, -0.15) is 0 Å². The quantitative estimate of drug-likeness (QED) is 0.534. The van der Waals surface area contributed by atoms with Crippen molar-refractivity contribution in [1.82, 2.24) is 10.6 Å². The van der Waals surface area contributed by atoms with Crippen molar-refractivity contribution in [3.05, 3.63) is 77.9 Å². The van der Waals surface area contributed by atoms with E-state index in [0.717, 1.165) is 18.4 Å². The van der Waals surface area contributed by atoms with E-state index in [1.54, 1.807) is 30.3 Å². The fourth-order valence-electron chi connectivity index (χ4n) is 2.68. The largest absolute Gasteiger partial charge is 0.446 e. The molecule has 2 atom stereocenters. The third-order valence-electron chi connectivity index (χ3n) is 4.44. The van der Waals surface area contributed by atoms with Crippen molar-refractivity contribution in [1.29, 1.82) is 0 Å². The number of carbonyl (C=O) groups is 3. The van der Waals surface area contributed by atoms with E-state index in [9.17, 15) is 14.4 Å². The van der Waals surface area contributed by atoms with Crippen LogP contribution in [0.5, 0.6) is 0 Å². The van der Waals surface area contributed by atoms with Gasteiger partial charge in [-0.25, -0.2) is 4.79 Å². The lowest BCUT2D eigenvalue weighted by Crippen LogP contribution is -2.41. The van der Waals surface area contributed by atoms with Crippen LogP contribution in [0.15, 0.2) is 66.7 Å². The number of carbonyl (C=O) groups excluding carboxylic acids is 3. The summed E-state index contributed by atoms with van der Waals surface area (Å²) in [7, 11) is 0. The Bertz CT molecular complexity index is 876. The van der Waals surface area contributed by atoms with Gasteiger partial charge < -0.3 is 15.4 Å². The number of hydrogen-bond donors (Lipinski definition) is 2. The molecule has 2 aromatic rings. The average molecular weight is 392 g/mol. The molecule has 1 fully saturated rings. The molecule has 1 saturated carbocycles. The highest BCUT2D eigenvalue weighted by molar-refractivity contribution is 5.95. The van der Waals surface area contributed by atoms with Crippen LogP contribution in [0.2, 0.25) is 0 Å². The Morgan fingerprint density at radius 2 is 1.62 bits per heavy atom. The third-order valence-corrected chi connectivity index (χ3v) is 4.44. The first-order valence-corrected chi connectivity index (χ1v) is 9.62. The summed E-state index contributed by atoms with van der Waals surface area (Å²) >= 11 is 0. The van der Waals surface area contributed by atoms with Crippen LogP contribution in [0.4, 0.5) is 0 Å². The standard InChI is InChI=1S/C23H24N2O4/c1-16(24-20(26)15-12-17-8-4-2-5-9-17)23(28)29-21(18-10-6-3-7-11-18)22(27)25-19-13-14-19/h2-12,15-16,19,21H,13-14H2,1H3,(H,24,26)(H,25,27)/b15-12+/t16-,21-/m0/s1. The molecule has 2 N–H and O–H groups in total. The van der Waals surface area contributed by atoms with Gasteiger partial charge in [-0.1, -0.05) is 60.7 Å². The molecule has 29 heavy (non-hydrogen) atoms. The summed E-state index contributed by atoms with van der Waals surface area (Å²) in [5, 5.41) is 5.43. The number of amides is 2. The summed E-state index contributed by atoms with van der Waals surface area (Å²) in [6, 6.07) is 17.4. The molecule has 2 amide bonds. The number of benzene rings is 2. The topological polar surface area (TPSA) is 84.5 Å². The lowest BCUT2D eigenvalue weighted by molar-refractivity contribution is -0.158. The van der Waals surface area contributed by atoms with Gasteiger partial charge in [0.2, 0.25) is 12.0 Å². The monoisotopic (exact) mass is 392 g/mol. The number of rotatable bonds is 8. The number of nitrogens with one attached hydrogen (secondary N) is 2. The number of ether oxygens (including phenoxy) is 1. The van der Waals surface area contributed by atoms with E-state index in [1.165, 1.54) is 13.0 Å². The summed E-state index contributed by atoms with van der Waals surface area (Å²) in [5.74, 6) is -1.45. The molecule has 0 aliphatic heterocycles. The zero-order valence-corrected chi connectivity index (χ0v) is 16.2. The van der Waals surface area contributed by atoms with E-state index >= 15 is 0 Å². The minimum absolute atomic E-state index is 0.146. The second kappa shape index (κ2) is 9.68. The first kappa shape index (κ1) is 20.3. The molecule has 150 valence electrons. The van der Waals surface area contributed by atoms with Crippen molar-refractivity contribution >= 4 is 23.9 Å². The van der Waals surface area contributed by atoms with Crippen molar-refractivity contribution in [2.24, 2.45) is 0 Å². The van der Waals surface area contributed by atoms with Crippen molar-refractivity contribution in [2.75, 3.05) is 0 Å². The molecule has 0 bridgehead atoms. The maximum absolute atomic E-state index is 12.5. The van der Waals surface area contributed by atoms with Gasteiger partial charge in [-0.3, -0.25) is 9.59 Å². The van der Waals surface area contributed by atoms with Gasteiger partial charge in [0.05, 0.1) is 0 Å². The van der Waals surface area contributed by atoms with E-state index in [2.05, 4.69) is 10.6 Å². The van der Waals surface area contributed by atoms with Crippen LogP contribution in [-0.2, 0) is 19.1 Å². The van der Waals surface area contributed by atoms with Crippen LogP contribution in [-0.4, -0.2) is 29.9 Å². The molecule has 0 unspecified atom stereocenters. The minimum atomic E-state index is -1.05. The van der Waals surface area contributed by atoms with Crippen LogP contribution < -0.4 is 10.6 Å². The highest BCUT2D eigenvalue weighted by Gasteiger charge is 2.32. The van der Waals surface area contributed by atoms with Crippen molar-refractivity contribution in [3.8, 4) is 0 Å². The van der Waals surface area contributed by atoms with Gasteiger partial charge in [0.15, 0.2) is 0 Å². The van der Waals surface area contributed by atoms with Gasteiger partial charge in [-0.05, 0) is 31.4 Å². The minimum Gasteiger partial charge on any atom is -0.446 e. The zero-order valence-electron chi connectivity index (χ0n) is 16.2. The Hall–Kier alpha value is -3.41. The summed E-state index contributed by atoms with van der Waals surface area (Å²) < 4.78 is 5.46. The van der Waals surface area contributed by atoms with E-state index in [0.29, 0.717) is 5.56 Å². The molecule has 6 nitrogen and oxygen atoms in total. The average Bonchev–Trinajstić information content (AvgIpc) is 3.55. The van der Waals surface area contributed by atoms with Gasteiger partial charge in [0.1, 0.15) is 6.04 Å². The maximum atomic E-state index is 12.5. The van der Waals surface area contributed by atoms with Gasteiger partial charge in [-0.15, -0.1) is 0 Å². The van der Waals surface area contributed by atoms with E-state index < -0.39 is 24.0 Å². The summed E-state index contributed by atoms with van der Waals surface area (Å²) in [6.07, 6.45) is 3.82. The smallest absolute Gasteiger partial charge is 0.329 e. The Kier molecular flexibility index (Phi) is 6.79. The number of hydrogen-bond acceptors (Lipinski definition) is 4. The molecule has 1 aliphatic carbocycles. The zero-order chi connectivity index (χ0) is 20.6. The van der Waals surface area contributed by atoms with Gasteiger partial charge >= 0.3 is 5.97 Å². The summed E-state index contributed by atoms with van der Waals surface area (Å²) in [6.45, 7) is 1.53. The van der Waals surface area contributed by atoms with Crippen molar-refractivity contribution in [2.45, 2.75) is 38.0 Å². The van der Waals surface area contributed by atoms with Crippen LogP contribution in [0.1, 0.15) is 37.0 Å². The molecule has 0 saturated heterocycles. The Balaban J connectivity index is 1.59. The fraction of sp³-hybridized carbons (Fsp3) is 0.261. The molecular formula is C23H24N2O4. The fourth-order valence-corrected chi connectivity index (χ4v) is 2.68. The van der Waals surface area contributed by atoms with Crippen LogP contribution in [0.25, 0.3) is 6.08 Å². The second-order valence-electron chi connectivity index (χ2n) is 6.98. The lowest BCUT2D eigenvalue weighted by atomic mass is 10.1. The maximum Gasteiger partial charge on any atom is 0.329 e. The molecule has 0 radical (unpaired) electrons. The molecule has 0 aromatic heterocycles. The molecule has 3 rings (SSSR count). The summed E-state index contributed by atoms with van der Waals surface area (Å²) in [4.78, 5) is 37.1. The van der Waals surface area contributed by atoms with Crippen LogP contribution >= 0.6 is 0 Å². The molecular weight excluding hydrogens is 368 g/mol.